The molecule has 0 bridgehead atoms. The van der Waals surface area contributed by atoms with E-state index in [1.54, 1.807) is 0 Å². The third-order valence-electron chi connectivity index (χ3n) is 5.08. The highest BCUT2D eigenvalue weighted by molar-refractivity contribution is 5.94. The molecule has 1 aliphatic heterocycles. The fraction of sp³-hybridized carbons (Fsp3) is 0.455. The van der Waals surface area contributed by atoms with Crippen molar-refractivity contribution >= 4 is 11.6 Å². The summed E-state index contributed by atoms with van der Waals surface area (Å²) in [5.74, 6) is 1.35. The van der Waals surface area contributed by atoms with E-state index in [1.807, 2.05) is 36.7 Å². The van der Waals surface area contributed by atoms with Crippen LogP contribution >= 0.6 is 0 Å². The maximum Gasteiger partial charge on any atom is 0.251 e. The molecule has 1 amide bonds. The summed E-state index contributed by atoms with van der Waals surface area (Å²) in [7, 11) is 0. The molecule has 1 aromatic heterocycles. The highest BCUT2D eigenvalue weighted by atomic mass is 16.5. The van der Waals surface area contributed by atoms with Crippen LogP contribution in [0.4, 0.5) is 5.69 Å². The Morgan fingerprint density at radius 3 is 2.52 bits per heavy atom. The molecule has 2 aromatic rings. The molecule has 0 radical (unpaired) electrons. The smallest absolute Gasteiger partial charge is 0.251 e. The SMILES string of the molecule is CCCCOc1ccc(C(=O)NCC2CCN(c3ccncc3)CC2)cc1. The summed E-state index contributed by atoms with van der Waals surface area (Å²) in [5.41, 5.74) is 1.92. The molecule has 27 heavy (non-hydrogen) atoms. The van der Waals surface area contributed by atoms with Gasteiger partial charge in [0.2, 0.25) is 0 Å². The van der Waals surface area contributed by atoms with E-state index in [2.05, 4.69) is 34.3 Å². The van der Waals surface area contributed by atoms with E-state index in [0.29, 0.717) is 11.5 Å². The van der Waals surface area contributed by atoms with Gasteiger partial charge in [-0.2, -0.15) is 0 Å². The highest BCUT2D eigenvalue weighted by Crippen LogP contribution is 2.22. The molecular formula is C22H29N3O2. The van der Waals surface area contributed by atoms with Gasteiger partial charge in [0.05, 0.1) is 6.61 Å². The average Bonchev–Trinajstić information content (AvgIpc) is 2.74. The van der Waals surface area contributed by atoms with E-state index < -0.39 is 0 Å². The summed E-state index contributed by atoms with van der Waals surface area (Å²) in [4.78, 5) is 18.8. The first-order valence-corrected chi connectivity index (χ1v) is 9.92. The van der Waals surface area contributed by atoms with Crippen molar-refractivity contribution in [2.75, 3.05) is 31.1 Å². The van der Waals surface area contributed by atoms with E-state index >= 15 is 0 Å². The number of benzene rings is 1. The quantitative estimate of drug-likeness (QED) is 0.719. The number of aromatic nitrogens is 1. The number of unbranched alkanes of at least 4 members (excludes halogenated alkanes) is 1. The van der Waals surface area contributed by atoms with Crippen LogP contribution in [-0.2, 0) is 0 Å². The lowest BCUT2D eigenvalue weighted by Gasteiger charge is -2.33. The van der Waals surface area contributed by atoms with Crippen molar-refractivity contribution in [1.82, 2.24) is 10.3 Å². The molecule has 3 rings (SSSR count). The first-order valence-electron chi connectivity index (χ1n) is 9.92. The van der Waals surface area contributed by atoms with Gasteiger partial charge in [-0.3, -0.25) is 9.78 Å². The predicted molar refractivity (Wildman–Crippen MR) is 108 cm³/mol. The number of hydrogen-bond donors (Lipinski definition) is 1. The number of carbonyl (C=O) groups excluding carboxylic acids is 1. The summed E-state index contributed by atoms with van der Waals surface area (Å²) in [6, 6.07) is 11.5. The van der Waals surface area contributed by atoms with Crippen LogP contribution in [0.1, 0.15) is 43.0 Å². The van der Waals surface area contributed by atoms with Gasteiger partial charge in [0.25, 0.3) is 5.91 Å². The van der Waals surface area contributed by atoms with Crippen molar-refractivity contribution < 1.29 is 9.53 Å². The molecular weight excluding hydrogens is 338 g/mol. The lowest BCUT2D eigenvalue weighted by atomic mass is 9.96. The molecule has 1 saturated heterocycles. The zero-order valence-corrected chi connectivity index (χ0v) is 16.1. The van der Waals surface area contributed by atoms with Gasteiger partial charge in [0.1, 0.15) is 5.75 Å². The van der Waals surface area contributed by atoms with E-state index in [1.165, 1.54) is 5.69 Å². The molecule has 1 aliphatic rings. The lowest BCUT2D eigenvalue weighted by molar-refractivity contribution is 0.0945. The lowest BCUT2D eigenvalue weighted by Crippen LogP contribution is -2.38. The maximum absolute atomic E-state index is 12.4. The zero-order valence-electron chi connectivity index (χ0n) is 16.1. The van der Waals surface area contributed by atoms with Crippen LogP contribution < -0.4 is 15.0 Å². The number of anilines is 1. The van der Waals surface area contributed by atoms with Crippen LogP contribution in [0, 0.1) is 5.92 Å². The Labute approximate surface area is 161 Å². The highest BCUT2D eigenvalue weighted by Gasteiger charge is 2.20. The van der Waals surface area contributed by atoms with Crippen LogP contribution in [0.15, 0.2) is 48.8 Å². The average molecular weight is 367 g/mol. The molecule has 2 heterocycles. The van der Waals surface area contributed by atoms with E-state index in [9.17, 15) is 4.79 Å². The molecule has 1 fully saturated rings. The Morgan fingerprint density at radius 1 is 1.15 bits per heavy atom. The van der Waals surface area contributed by atoms with Crippen molar-refractivity contribution in [3.05, 3.63) is 54.4 Å². The van der Waals surface area contributed by atoms with Gasteiger partial charge in [-0.1, -0.05) is 13.3 Å². The normalized spacial score (nSPS) is 14.8. The summed E-state index contributed by atoms with van der Waals surface area (Å²) < 4.78 is 5.64. The van der Waals surface area contributed by atoms with Crippen molar-refractivity contribution in [2.45, 2.75) is 32.6 Å². The van der Waals surface area contributed by atoms with Crippen LogP contribution in [-0.4, -0.2) is 37.1 Å². The van der Waals surface area contributed by atoms with Crippen LogP contribution in [0.25, 0.3) is 0 Å². The first-order chi connectivity index (χ1) is 13.3. The second-order valence-corrected chi connectivity index (χ2v) is 7.07. The Kier molecular flexibility index (Phi) is 7.08. The van der Waals surface area contributed by atoms with Gasteiger partial charge in [0.15, 0.2) is 0 Å². The van der Waals surface area contributed by atoms with Gasteiger partial charge in [-0.25, -0.2) is 0 Å². The number of nitrogens with one attached hydrogen (secondary N) is 1. The number of amides is 1. The van der Waals surface area contributed by atoms with Crippen molar-refractivity contribution in [1.29, 1.82) is 0 Å². The predicted octanol–water partition coefficient (Wildman–Crippen LogP) is 3.91. The summed E-state index contributed by atoms with van der Waals surface area (Å²) in [6.07, 6.45) is 8.01. The Morgan fingerprint density at radius 2 is 1.85 bits per heavy atom. The molecule has 0 saturated carbocycles. The fourth-order valence-corrected chi connectivity index (χ4v) is 3.33. The number of rotatable bonds is 8. The standard InChI is InChI=1S/C22H29N3O2/c1-2-3-16-27-21-6-4-19(5-7-21)22(26)24-17-18-10-14-25(15-11-18)20-8-12-23-13-9-20/h4-9,12-13,18H,2-3,10-11,14-17H2,1H3,(H,24,26). The van der Waals surface area contributed by atoms with E-state index in [-0.39, 0.29) is 5.91 Å². The van der Waals surface area contributed by atoms with Crippen molar-refractivity contribution in [2.24, 2.45) is 5.92 Å². The Hall–Kier alpha value is -2.56. The van der Waals surface area contributed by atoms with E-state index in [0.717, 1.165) is 57.7 Å². The molecule has 5 nitrogen and oxygen atoms in total. The largest absolute Gasteiger partial charge is 0.494 e. The Balaban J connectivity index is 1.40. The van der Waals surface area contributed by atoms with Crippen LogP contribution in [0.2, 0.25) is 0 Å². The van der Waals surface area contributed by atoms with Gasteiger partial charge in [0, 0.05) is 43.3 Å². The van der Waals surface area contributed by atoms with Gasteiger partial charge in [-0.05, 0) is 61.6 Å². The molecule has 1 N–H and O–H groups in total. The van der Waals surface area contributed by atoms with E-state index in [4.69, 9.17) is 4.74 Å². The van der Waals surface area contributed by atoms with Gasteiger partial charge in [-0.15, -0.1) is 0 Å². The van der Waals surface area contributed by atoms with Gasteiger partial charge < -0.3 is 15.0 Å². The number of ether oxygens (including phenoxy) is 1. The number of hydrogen-bond acceptors (Lipinski definition) is 4. The van der Waals surface area contributed by atoms with Crippen molar-refractivity contribution in [3.63, 3.8) is 0 Å². The third kappa shape index (κ3) is 5.71. The molecule has 0 aliphatic carbocycles. The molecule has 144 valence electrons. The Bertz CT molecular complexity index is 695. The molecule has 5 heteroatoms. The third-order valence-corrected chi connectivity index (χ3v) is 5.08. The second-order valence-electron chi connectivity index (χ2n) is 7.07. The summed E-state index contributed by atoms with van der Waals surface area (Å²) in [5, 5.41) is 3.09. The fourth-order valence-electron chi connectivity index (χ4n) is 3.33. The number of nitrogens with zero attached hydrogens (tertiary/aromatic N) is 2. The minimum Gasteiger partial charge on any atom is -0.494 e. The number of carbonyl (C=O) groups is 1. The summed E-state index contributed by atoms with van der Waals surface area (Å²) in [6.45, 7) is 5.64. The molecule has 0 spiro atoms. The monoisotopic (exact) mass is 367 g/mol. The summed E-state index contributed by atoms with van der Waals surface area (Å²) >= 11 is 0. The molecule has 0 atom stereocenters. The zero-order chi connectivity index (χ0) is 18.9. The second kappa shape index (κ2) is 9.95. The van der Waals surface area contributed by atoms with Gasteiger partial charge >= 0.3 is 0 Å². The maximum atomic E-state index is 12.4. The molecule has 1 aromatic carbocycles. The topological polar surface area (TPSA) is 54.5 Å². The number of piperidine rings is 1. The van der Waals surface area contributed by atoms with Crippen LogP contribution in [0.5, 0.6) is 5.75 Å². The number of pyridine rings is 1. The minimum absolute atomic E-state index is 0.00771. The minimum atomic E-state index is -0.00771. The first kappa shape index (κ1) is 19.2. The van der Waals surface area contributed by atoms with Crippen molar-refractivity contribution in [3.8, 4) is 5.75 Å². The van der Waals surface area contributed by atoms with Crippen LogP contribution in [0.3, 0.4) is 0 Å². The molecule has 0 unspecified atom stereocenters.